The highest BCUT2D eigenvalue weighted by atomic mass is 16.2. The number of carbonyl (C=O) groups excluding carboxylic acids is 1. The van der Waals surface area contributed by atoms with E-state index in [0.29, 0.717) is 11.6 Å². The van der Waals surface area contributed by atoms with Gasteiger partial charge in [0.25, 0.3) is 5.91 Å². The number of rotatable bonds is 6. The second-order valence-electron chi connectivity index (χ2n) is 6.51. The van der Waals surface area contributed by atoms with Gasteiger partial charge in [0, 0.05) is 25.3 Å². The van der Waals surface area contributed by atoms with Crippen LogP contribution >= 0.6 is 0 Å². The molecule has 23 heavy (non-hydrogen) atoms. The predicted molar refractivity (Wildman–Crippen MR) is 92.8 cm³/mol. The van der Waals surface area contributed by atoms with Crippen molar-refractivity contribution in [2.45, 2.75) is 39.0 Å². The SMILES string of the molecule is Cc1cc(C(=O)N2CCCCCC2)nc(NCCCN(C)C)n1. The lowest BCUT2D eigenvalue weighted by Gasteiger charge is -2.20. The van der Waals surface area contributed by atoms with Crippen LogP contribution in [0.3, 0.4) is 0 Å². The number of nitrogens with one attached hydrogen (secondary N) is 1. The van der Waals surface area contributed by atoms with Gasteiger partial charge in [-0.25, -0.2) is 9.97 Å². The zero-order valence-corrected chi connectivity index (χ0v) is 14.6. The van der Waals surface area contributed by atoms with E-state index in [1.807, 2.05) is 11.8 Å². The van der Waals surface area contributed by atoms with Crippen LogP contribution in [-0.4, -0.2) is 65.9 Å². The van der Waals surface area contributed by atoms with Gasteiger partial charge in [-0.1, -0.05) is 12.8 Å². The van der Waals surface area contributed by atoms with E-state index in [1.165, 1.54) is 12.8 Å². The zero-order valence-electron chi connectivity index (χ0n) is 14.6. The van der Waals surface area contributed by atoms with Crippen molar-refractivity contribution in [1.29, 1.82) is 0 Å². The number of anilines is 1. The van der Waals surface area contributed by atoms with Crippen LogP contribution < -0.4 is 5.32 Å². The Morgan fingerprint density at radius 1 is 1.22 bits per heavy atom. The molecule has 0 bridgehead atoms. The van der Waals surface area contributed by atoms with E-state index in [0.717, 1.165) is 51.1 Å². The fraction of sp³-hybridized carbons (Fsp3) is 0.706. The summed E-state index contributed by atoms with van der Waals surface area (Å²) >= 11 is 0. The smallest absolute Gasteiger partial charge is 0.272 e. The van der Waals surface area contributed by atoms with Crippen molar-refractivity contribution in [2.75, 3.05) is 45.6 Å². The normalized spacial score (nSPS) is 15.6. The molecule has 1 aromatic heterocycles. The van der Waals surface area contributed by atoms with Gasteiger partial charge >= 0.3 is 0 Å². The maximum Gasteiger partial charge on any atom is 0.272 e. The maximum absolute atomic E-state index is 12.7. The molecule has 0 saturated carbocycles. The molecule has 1 aliphatic heterocycles. The fourth-order valence-electron chi connectivity index (χ4n) is 2.79. The van der Waals surface area contributed by atoms with Gasteiger partial charge in [-0.2, -0.15) is 0 Å². The maximum atomic E-state index is 12.7. The van der Waals surface area contributed by atoms with Crippen LogP contribution in [0.1, 0.15) is 48.3 Å². The van der Waals surface area contributed by atoms with Gasteiger partial charge in [-0.15, -0.1) is 0 Å². The highest BCUT2D eigenvalue weighted by molar-refractivity contribution is 5.92. The summed E-state index contributed by atoms with van der Waals surface area (Å²) in [7, 11) is 4.11. The minimum Gasteiger partial charge on any atom is -0.354 e. The van der Waals surface area contributed by atoms with Crippen molar-refractivity contribution in [3.63, 3.8) is 0 Å². The van der Waals surface area contributed by atoms with Gasteiger partial charge in [0.05, 0.1) is 0 Å². The molecule has 0 aromatic carbocycles. The van der Waals surface area contributed by atoms with Gasteiger partial charge in [0.15, 0.2) is 0 Å². The van der Waals surface area contributed by atoms with Crippen LogP contribution in [0.2, 0.25) is 0 Å². The Labute approximate surface area is 139 Å². The monoisotopic (exact) mass is 319 g/mol. The van der Waals surface area contributed by atoms with Crippen molar-refractivity contribution >= 4 is 11.9 Å². The molecule has 1 N–H and O–H groups in total. The predicted octanol–water partition coefficient (Wildman–Crippen LogP) is 2.16. The summed E-state index contributed by atoms with van der Waals surface area (Å²) in [6, 6.07) is 1.79. The quantitative estimate of drug-likeness (QED) is 0.814. The molecular formula is C17H29N5O. The number of hydrogen-bond acceptors (Lipinski definition) is 5. The number of hydrogen-bond donors (Lipinski definition) is 1. The fourth-order valence-corrected chi connectivity index (χ4v) is 2.79. The highest BCUT2D eigenvalue weighted by Crippen LogP contribution is 2.14. The number of carbonyl (C=O) groups is 1. The topological polar surface area (TPSA) is 61.4 Å². The summed E-state index contributed by atoms with van der Waals surface area (Å²) in [4.78, 5) is 25.6. The van der Waals surface area contributed by atoms with Gasteiger partial charge in [0.1, 0.15) is 5.69 Å². The number of amides is 1. The van der Waals surface area contributed by atoms with Crippen LogP contribution in [0.15, 0.2) is 6.07 Å². The second-order valence-corrected chi connectivity index (χ2v) is 6.51. The van der Waals surface area contributed by atoms with Crippen molar-refractivity contribution < 1.29 is 4.79 Å². The molecule has 0 atom stereocenters. The van der Waals surface area contributed by atoms with Crippen molar-refractivity contribution in [1.82, 2.24) is 19.8 Å². The molecule has 6 nitrogen and oxygen atoms in total. The van der Waals surface area contributed by atoms with Gasteiger partial charge in [-0.05, 0) is 52.9 Å². The average Bonchev–Trinajstić information content (AvgIpc) is 2.79. The number of likely N-dealkylation sites (tertiary alicyclic amines) is 1. The number of aryl methyl sites for hydroxylation is 1. The first kappa shape index (κ1) is 17.7. The molecule has 0 unspecified atom stereocenters. The molecule has 0 aliphatic carbocycles. The Morgan fingerprint density at radius 2 is 1.91 bits per heavy atom. The average molecular weight is 319 g/mol. The largest absolute Gasteiger partial charge is 0.354 e. The van der Waals surface area contributed by atoms with E-state index in [9.17, 15) is 4.79 Å². The van der Waals surface area contributed by atoms with Crippen LogP contribution in [-0.2, 0) is 0 Å². The van der Waals surface area contributed by atoms with Crippen LogP contribution in [0, 0.1) is 6.92 Å². The minimum atomic E-state index is 0.0359. The first-order valence-corrected chi connectivity index (χ1v) is 8.60. The third-order valence-corrected chi connectivity index (χ3v) is 4.03. The highest BCUT2D eigenvalue weighted by Gasteiger charge is 2.19. The summed E-state index contributed by atoms with van der Waals surface area (Å²) in [6.07, 6.45) is 5.62. The Kier molecular flexibility index (Phi) is 6.77. The Hall–Kier alpha value is -1.69. The van der Waals surface area contributed by atoms with E-state index in [-0.39, 0.29) is 5.91 Å². The molecule has 1 aliphatic rings. The number of nitrogens with zero attached hydrogens (tertiary/aromatic N) is 4. The molecule has 1 saturated heterocycles. The van der Waals surface area contributed by atoms with Crippen molar-refractivity contribution in [3.05, 3.63) is 17.5 Å². The van der Waals surface area contributed by atoms with Crippen LogP contribution in [0.25, 0.3) is 0 Å². The molecule has 6 heteroatoms. The number of aromatic nitrogens is 2. The van der Waals surface area contributed by atoms with Gasteiger partial charge < -0.3 is 15.1 Å². The van der Waals surface area contributed by atoms with Gasteiger partial charge in [-0.3, -0.25) is 4.79 Å². The summed E-state index contributed by atoms with van der Waals surface area (Å²) in [6.45, 7) is 5.41. The first-order chi connectivity index (χ1) is 11.1. The standard InChI is InChI=1S/C17H29N5O/c1-14-13-15(16(23)22-11-6-4-5-7-12-22)20-17(19-14)18-9-8-10-21(2)3/h13H,4-12H2,1-3H3,(H,18,19,20). The Balaban J connectivity index is 1.99. The zero-order chi connectivity index (χ0) is 16.7. The molecule has 1 aromatic rings. The van der Waals surface area contributed by atoms with E-state index >= 15 is 0 Å². The van der Waals surface area contributed by atoms with Crippen molar-refractivity contribution in [3.8, 4) is 0 Å². The third kappa shape index (κ3) is 5.78. The van der Waals surface area contributed by atoms with E-state index in [1.54, 1.807) is 6.07 Å². The molecule has 2 rings (SSSR count). The van der Waals surface area contributed by atoms with E-state index in [2.05, 4.69) is 34.3 Å². The van der Waals surface area contributed by atoms with Crippen molar-refractivity contribution in [2.24, 2.45) is 0 Å². The third-order valence-electron chi connectivity index (χ3n) is 4.03. The molecule has 128 valence electrons. The van der Waals surface area contributed by atoms with Crippen LogP contribution in [0.5, 0.6) is 0 Å². The minimum absolute atomic E-state index is 0.0359. The lowest BCUT2D eigenvalue weighted by Crippen LogP contribution is -2.32. The second kappa shape index (κ2) is 8.82. The molecular weight excluding hydrogens is 290 g/mol. The summed E-state index contributed by atoms with van der Waals surface area (Å²) in [5.41, 5.74) is 1.34. The molecule has 1 fully saturated rings. The molecule has 0 spiro atoms. The lowest BCUT2D eigenvalue weighted by atomic mass is 10.2. The van der Waals surface area contributed by atoms with Gasteiger partial charge in [0.2, 0.25) is 5.95 Å². The first-order valence-electron chi connectivity index (χ1n) is 8.60. The summed E-state index contributed by atoms with van der Waals surface area (Å²) in [5, 5.41) is 3.23. The Bertz CT molecular complexity index is 510. The molecule has 2 heterocycles. The van der Waals surface area contributed by atoms with Crippen LogP contribution in [0.4, 0.5) is 5.95 Å². The summed E-state index contributed by atoms with van der Waals surface area (Å²) < 4.78 is 0. The molecule has 1 amide bonds. The van der Waals surface area contributed by atoms with E-state index in [4.69, 9.17) is 0 Å². The molecule has 0 radical (unpaired) electrons. The summed E-state index contributed by atoms with van der Waals surface area (Å²) in [5.74, 6) is 0.593. The lowest BCUT2D eigenvalue weighted by molar-refractivity contribution is 0.0755. The Morgan fingerprint density at radius 3 is 2.57 bits per heavy atom. The van der Waals surface area contributed by atoms with E-state index < -0.39 is 0 Å².